The number of rotatable bonds is 2. The largest absolute Gasteiger partial charge is 0.416 e. The number of fused-ring (bicyclic) bond motifs is 10. The molecular weight excluding hydrogens is 994 g/mol. The van der Waals surface area contributed by atoms with Crippen molar-refractivity contribution in [2.75, 3.05) is 0 Å². The van der Waals surface area contributed by atoms with E-state index in [-0.39, 0.29) is 33.4 Å². The Balaban J connectivity index is 1.25. The van der Waals surface area contributed by atoms with Gasteiger partial charge in [-0.25, -0.2) is 0 Å². The number of hydrogen-bond acceptors (Lipinski definition) is 0. The van der Waals surface area contributed by atoms with E-state index in [1.807, 2.05) is 90.1 Å². The van der Waals surface area contributed by atoms with E-state index < -0.39 is 60.4 Å². The van der Waals surface area contributed by atoms with E-state index in [4.69, 9.17) is 0 Å². The Bertz CT molecular complexity index is 4040. The van der Waals surface area contributed by atoms with Crippen LogP contribution >= 0.6 is 0 Å². The molecular formula is C62H36B2F12. The second-order valence-corrected chi connectivity index (χ2v) is 21.4. The van der Waals surface area contributed by atoms with Crippen LogP contribution in [0.15, 0.2) is 109 Å². The van der Waals surface area contributed by atoms with Gasteiger partial charge < -0.3 is 0 Å². The lowest BCUT2D eigenvalue weighted by atomic mass is 9.34. The van der Waals surface area contributed by atoms with Crippen molar-refractivity contribution < 1.29 is 52.7 Å². The van der Waals surface area contributed by atoms with Gasteiger partial charge in [0.2, 0.25) is 13.4 Å². The summed E-state index contributed by atoms with van der Waals surface area (Å²) >= 11 is 0. The first kappa shape index (κ1) is 47.0. The second-order valence-electron chi connectivity index (χ2n) is 21.4. The van der Waals surface area contributed by atoms with E-state index in [1.165, 1.54) is 12.1 Å². The van der Waals surface area contributed by atoms with Crippen LogP contribution in [0.5, 0.6) is 0 Å². The van der Waals surface area contributed by atoms with Gasteiger partial charge in [-0.2, -0.15) is 52.7 Å². The SMILES string of the molecule is Cc1cc(C)c(-c2cc3c4c(cc5c(-c6c(C)cc(C)cc6C)cc6c7c(cc2c4c57)B2c4ccc(C(F)(F)F)cc4-c4cc(C(F)(F)F)cc-6c42)B2c4ccc(C(F)(F)F)cc4-c4cc(C(F)(F)F)cc-3c42)c(C)c1. The van der Waals surface area contributed by atoms with Crippen molar-refractivity contribution >= 4 is 78.5 Å². The predicted molar refractivity (Wildman–Crippen MR) is 281 cm³/mol. The van der Waals surface area contributed by atoms with E-state index in [0.717, 1.165) is 93.0 Å². The minimum absolute atomic E-state index is 0.0283. The first-order valence-corrected chi connectivity index (χ1v) is 24.7. The lowest BCUT2D eigenvalue weighted by Gasteiger charge is -2.33. The molecule has 14 rings (SSSR count). The Hall–Kier alpha value is -7.47. The summed E-state index contributed by atoms with van der Waals surface area (Å²) in [6, 6.07) is 26.3. The molecule has 4 heterocycles. The van der Waals surface area contributed by atoms with Gasteiger partial charge in [0.25, 0.3) is 0 Å². The van der Waals surface area contributed by atoms with Gasteiger partial charge in [0.05, 0.1) is 22.3 Å². The molecule has 10 aromatic rings. The molecule has 0 amide bonds. The highest BCUT2D eigenvalue weighted by Crippen LogP contribution is 2.54. The van der Waals surface area contributed by atoms with Crippen LogP contribution in [0.2, 0.25) is 0 Å². The maximum absolute atomic E-state index is 15.3. The van der Waals surface area contributed by atoms with Crippen LogP contribution in [-0.2, 0) is 24.7 Å². The summed E-state index contributed by atoms with van der Waals surface area (Å²) in [5.41, 5.74) is 8.23. The molecule has 4 aliphatic heterocycles. The van der Waals surface area contributed by atoms with E-state index in [1.54, 1.807) is 0 Å². The van der Waals surface area contributed by atoms with Crippen molar-refractivity contribution in [1.82, 2.24) is 0 Å². The van der Waals surface area contributed by atoms with Gasteiger partial charge in [0.1, 0.15) is 0 Å². The lowest BCUT2D eigenvalue weighted by Crippen LogP contribution is -2.53. The molecule has 0 nitrogen and oxygen atoms in total. The molecule has 0 fully saturated rings. The Labute approximate surface area is 427 Å². The van der Waals surface area contributed by atoms with Gasteiger partial charge in [-0.05, 0) is 211 Å². The van der Waals surface area contributed by atoms with E-state index >= 15 is 26.3 Å². The topological polar surface area (TPSA) is 0 Å². The maximum atomic E-state index is 15.3. The van der Waals surface area contributed by atoms with Crippen LogP contribution in [0.3, 0.4) is 0 Å². The summed E-state index contributed by atoms with van der Waals surface area (Å²) < 4.78 is 180. The number of aryl methyl sites for hydroxylation is 6. The third-order valence-corrected chi connectivity index (χ3v) is 16.8. The molecule has 0 bridgehead atoms. The molecule has 0 spiro atoms. The zero-order valence-corrected chi connectivity index (χ0v) is 41.1. The average Bonchev–Trinajstić information content (AvgIpc) is 3.85. The van der Waals surface area contributed by atoms with Gasteiger partial charge in [-0.1, -0.05) is 105 Å². The Morgan fingerprint density at radius 2 is 0.579 bits per heavy atom. The molecule has 374 valence electrons. The molecule has 0 atom stereocenters. The quantitative estimate of drug-likeness (QED) is 0.0920. The summed E-state index contributed by atoms with van der Waals surface area (Å²) in [7, 11) is 0. The van der Waals surface area contributed by atoms with Crippen molar-refractivity contribution in [2.24, 2.45) is 0 Å². The van der Waals surface area contributed by atoms with Crippen molar-refractivity contribution in [3.8, 4) is 66.8 Å². The summed E-state index contributed by atoms with van der Waals surface area (Å²) in [5, 5.41) is 3.62. The van der Waals surface area contributed by atoms with Crippen molar-refractivity contribution in [1.29, 1.82) is 0 Å². The molecule has 0 saturated heterocycles. The van der Waals surface area contributed by atoms with Crippen LogP contribution < -0.4 is 32.8 Å². The number of benzene rings is 10. The zero-order chi connectivity index (χ0) is 53.5. The normalized spacial score (nSPS) is 14.1. The fourth-order valence-corrected chi connectivity index (χ4v) is 14.3. The molecule has 0 unspecified atom stereocenters. The van der Waals surface area contributed by atoms with Crippen LogP contribution in [0.1, 0.15) is 55.6 Å². The molecule has 76 heavy (non-hydrogen) atoms. The van der Waals surface area contributed by atoms with Gasteiger partial charge in [0.15, 0.2) is 0 Å². The van der Waals surface area contributed by atoms with Crippen molar-refractivity contribution in [2.45, 2.75) is 66.2 Å². The maximum Gasteiger partial charge on any atom is 0.416 e. The minimum atomic E-state index is -4.91. The van der Waals surface area contributed by atoms with E-state index in [0.29, 0.717) is 87.3 Å². The fourth-order valence-electron chi connectivity index (χ4n) is 14.3. The predicted octanol–water partition coefficient (Wildman–Crippen LogP) is 14.8. The first-order chi connectivity index (χ1) is 35.7. The highest BCUT2D eigenvalue weighted by atomic mass is 19.4. The molecule has 0 radical (unpaired) electrons. The van der Waals surface area contributed by atoms with Crippen LogP contribution in [-0.4, -0.2) is 13.4 Å². The third kappa shape index (κ3) is 6.21. The van der Waals surface area contributed by atoms with Gasteiger partial charge in [-0.15, -0.1) is 0 Å². The Morgan fingerprint density at radius 3 is 0.895 bits per heavy atom. The van der Waals surface area contributed by atoms with Gasteiger partial charge >= 0.3 is 24.7 Å². The third-order valence-electron chi connectivity index (χ3n) is 16.8. The summed E-state index contributed by atoms with van der Waals surface area (Å²) in [6.45, 7) is 9.94. The van der Waals surface area contributed by atoms with Crippen molar-refractivity contribution in [3.05, 3.63) is 165 Å². The molecule has 0 saturated carbocycles. The molecule has 0 aliphatic carbocycles. The Morgan fingerprint density at radius 1 is 0.276 bits per heavy atom. The Kier molecular flexibility index (Phi) is 9.10. The summed E-state index contributed by atoms with van der Waals surface area (Å²) in [5.74, 6) is 0. The van der Waals surface area contributed by atoms with E-state index in [2.05, 4.69) is 0 Å². The minimum Gasteiger partial charge on any atom is -0.166 e. The highest BCUT2D eigenvalue weighted by Gasteiger charge is 2.48. The molecule has 4 aliphatic rings. The zero-order valence-electron chi connectivity index (χ0n) is 41.1. The van der Waals surface area contributed by atoms with Crippen LogP contribution in [0, 0.1) is 41.5 Å². The van der Waals surface area contributed by atoms with Gasteiger partial charge in [0, 0.05) is 0 Å². The number of halogens is 12. The van der Waals surface area contributed by atoms with E-state index in [9.17, 15) is 26.3 Å². The molecule has 10 aromatic carbocycles. The number of alkyl halides is 12. The molecule has 0 aromatic heterocycles. The van der Waals surface area contributed by atoms with Crippen LogP contribution in [0.25, 0.3) is 99.1 Å². The summed E-state index contributed by atoms with van der Waals surface area (Å²) in [4.78, 5) is 0. The first-order valence-electron chi connectivity index (χ1n) is 24.7. The van der Waals surface area contributed by atoms with Crippen molar-refractivity contribution in [3.63, 3.8) is 0 Å². The lowest BCUT2D eigenvalue weighted by molar-refractivity contribution is -0.138. The standard InChI is InChI=1S/C62H36B2F12/c1-25-11-27(3)51(28(4)12-25)37-21-39-45-19-33(61(71,72)73)17-43-35-15-32(60(68,69)70)8-10-48(35)64(57(43)45)50-24-42-38(52-29(5)13-26(2)14-30(52)6)22-40-46-20-34(62(74,75)76)18-44-36-16-31(59(65,66)67)7-9-47(36)63(58(44)46)49-23-41(37)55(53(39)50)56(42)54(40)49/h7-24H,1-6H3. The average molecular weight is 1030 g/mol. The molecule has 0 N–H and O–H groups in total. The highest BCUT2D eigenvalue weighted by molar-refractivity contribution is 7.03. The smallest absolute Gasteiger partial charge is 0.166 e. The number of hydrogen-bond donors (Lipinski definition) is 0. The summed E-state index contributed by atoms with van der Waals surface area (Å²) in [6.07, 6.45) is -19.5. The van der Waals surface area contributed by atoms with Gasteiger partial charge in [-0.3, -0.25) is 0 Å². The monoisotopic (exact) mass is 1030 g/mol. The van der Waals surface area contributed by atoms with Crippen LogP contribution in [0.4, 0.5) is 52.7 Å². The second kappa shape index (κ2) is 14.7. The fraction of sp³-hybridized carbons (Fsp3) is 0.161. The molecule has 14 heteroatoms.